The first-order valence-corrected chi connectivity index (χ1v) is 4.12. The second-order valence-corrected chi connectivity index (χ2v) is 2.88. The summed E-state index contributed by atoms with van der Waals surface area (Å²) in [5.41, 5.74) is 5.90. The summed E-state index contributed by atoms with van der Waals surface area (Å²) in [5, 5.41) is 2.49. The molecular weight excluding hydrogens is 193 g/mol. The van der Waals surface area contributed by atoms with Crippen molar-refractivity contribution >= 4 is 5.69 Å². The molecule has 0 aromatic heterocycles. The lowest BCUT2D eigenvalue weighted by molar-refractivity contribution is 0.145. The molecule has 0 heterocycles. The molecule has 2 nitrogen and oxygen atoms in total. The molecule has 14 heavy (non-hydrogen) atoms. The van der Waals surface area contributed by atoms with Gasteiger partial charge in [0.05, 0.1) is 12.2 Å². The Morgan fingerprint density at radius 3 is 2.64 bits per heavy atom. The summed E-state index contributed by atoms with van der Waals surface area (Å²) in [6.07, 6.45) is -2.39. The third kappa shape index (κ3) is 3.26. The minimum absolute atomic E-state index is 0.0580. The van der Waals surface area contributed by atoms with E-state index >= 15 is 0 Å². The SMILES string of the molecule is Nc1ccc(CNCC(F)F)cc1F. The van der Waals surface area contributed by atoms with Crippen LogP contribution in [0.15, 0.2) is 18.2 Å². The van der Waals surface area contributed by atoms with Crippen LogP contribution >= 0.6 is 0 Å². The van der Waals surface area contributed by atoms with Gasteiger partial charge in [0.15, 0.2) is 0 Å². The van der Waals surface area contributed by atoms with E-state index in [1.54, 1.807) is 6.07 Å². The monoisotopic (exact) mass is 204 g/mol. The number of hydrogen-bond donors (Lipinski definition) is 2. The van der Waals surface area contributed by atoms with Gasteiger partial charge in [0.2, 0.25) is 0 Å². The Morgan fingerprint density at radius 1 is 1.36 bits per heavy atom. The molecule has 1 aromatic carbocycles. The number of benzene rings is 1. The lowest BCUT2D eigenvalue weighted by atomic mass is 10.2. The van der Waals surface area contributed by atoms with Crippen LogP contribution in [0.1, 0.15) is 5.56 Å². The highest BCUT2D eigenvalue weighted by Gasteiger charge is 2.02. The Morgan fingerprint density at radius 2 is 2.07 bits per heavy atom. The third-order valence-corrected chi connectivity index (χ3v) is 1.69. The Bertz CT molecular complexity index is 302. The number of rotatable bonds is 4. The van der Waals surface area contributed by atoms with E-state index in [1.807, 2.05) is 0 Å². The minimum Gasteiger partial charge on any atom is -0.396 e. The Hall–Kier alpha value is -1.23. The molecule has 0 aliphatic rings. The normalized spacial score (nSPS) is 10.9. The number of nitrogens with two attached hydrogens (primary N) is 1. The lowest BCUT2D eigenvalue weighted by Crippen LogP contribution is -2.20. The van der Waals surface area contributed by atoms with Crippen LogP contribution in [0, 0.1) is 5.82 Å². The van der Waals surface area contributed by atoms with E-state index in [4.69, 9.17) is 5.73 Å². The first kappa shape index (κ1) is 10.8. The van der Waals surface area contributed by atoms with Crippen LogP contribution in [0.25, 0.3) is 0 Å². The molecule has 0 aliphatic carbocycles. The summed E-state index contributed by atoms with van der Waals surface area (Å²) < 4.78 is 36.3. The van der Waals surface area contributed by atoms with Gasteiger partial charge in [0, 0.05) is 6.54 Å². The van der Waals surface area contributed by atoms with Gasteiger partial charge in [0.1, 0.15) is 5.82 Å². The highest BCUT2D eigenvalue weighted by atomic mass is 19.3. The number of nitrogens with one attached hydrogen (secondary N) is 1. The van der Waals surface area contributed by atoms with E-state index in [-0.39, 0.29) is 12.2 Å². The molecule has 0 amide bonds. The van der Waals surface area contributed by atoms with E-state index in [0.29, 0.717) is 5.56 Å². The molecule has 0 saturated carbocycles. The summed E-state index contributed by atoms with van der Waals surface area (Å²) in [4.78, 5) is 0. The summed E-state index contributed by atoms with van der Waals surface area (Å²) in [5.74, 6) is -0.527. The van der Waals surface area contributed by atoms with E-state index < -0.39 is 18.8 Å². The lowest BCUT2D eigenvalue weighted by Gasteiger charge is -2.05. The molecule has 1 rings (SSSR count). The zero-order valence-electron chi connectivity index (χ0n) is 7.43. The standard InChI is InChI=1S/C9H11F3N2/c10-7-3-6(1-2-8(7)13)4-14-5-9(11)12/h1-3,9,14H,4-5,13H2. The summed E-state index contributed by atoms with van der Waals surface area (Å²) in [6.45, 7) is -0.187. The van der Waals surface area contributed by atoms with Crippen LogP contribution in [0.4, 0.5) is 18.9 Å². The molecule has 0 fully saturated rings. The molecule has 0 aliphatic heterocycles. The molecule has 0 unspecified atom stereocenters. The van der Waals surface area contributed by atoms with Crippen LogP contribution in [-0.2, 0) is 6.54 Å². The number of anilines is 1. The zero-order valence-corrected chi connectivity index (χ0v) is 7.43. The van der Waals surface area contributed by atoms with Gasteiger partial charge >= 0.3 is 0 Å². The molecule has 3 N–H and O–H groups in total. The van der Waals surface area contributed by atoms with Crippen LogP contribution in [-0.4, -0.2) is 13.0 Å². The van der Waals surface area contributed by atoms with Gasteiger partial charge in [-0.25, -0.2) is 13.2 Å². The average Bonchev–Trinajstić information content (AvgIpc) is 2.10. The topological polar surface area (TPSA) is 38.0 Å². The number of hydrogen-bond acceptors (Lipinski definition) is 2. The Balaban J connectivity index is 2.47. The maximum atomic E-state index is 12.9. The van der Waals surface area contributed by atoms with Crippen molar-refractivity contribution in [3.8, 4) is 0 Å². The van der Waals surface area contributed by atoms with Gasteiger partial charge in [-0.05, 0) is 17.7 Å². The summed E-state index contributed by atoms with van der Waals surface area (Å²) in [6, 6.07) is 4.24. The van der Waals surface area contributed by atoms with Gasteiger partial charge < -0.3 is 11.1 Å². The predicted octanol–water partition coefficient (Wildman–Crippen LogP) is 1.76. The molecule has 5 heteroatoms. The molecule has 1 aromatic rings. The van der Waals surface area contributed by atoms with Crippen molar-refractivity contribution in [3.63, 3.8) is 0 Å². The van der Waals surface area contributed by atoms with Crippen molar-refractivity contribution in [1.82, 2.24) is 5.32 Å². The Kier molecular flexibility index (Phi) is 3.76. The predicted molar refractivity (Wildman–Crippen MR) is 48.5 cm³/mol. The quantitative estimate of drug-likeness (QED) is 0.733. The van der Waals surface area contributed by atoms with E-state index in [0.717, 1.165) is 0 Å². The molecule has 78 valence electrons. The number of nitrogen functional groups attached to an aromatic ring is 1. The molecule has 0 radical (unpaired) electrons. The van der Waals surface area contributed by atoms with Gasteiger partial charge in [-0.2, -0.15) is 0 Å². The summed E-state index contributed by atoms with van der Waals surface area (Å²) in [7, 11) is 0. The maximum absolute atomic E-state index is 12.9. The van der Waals surface area contributed by atoms with Crippen molar-refractivity contribution in [3.05, 3.63) is 29.6 Å². The highest BCUT2D eigenvalue weighted by Crippen LogP contribution is 2.11. The molecule has 0 bridgehead atoms. The highest BCUT2D eigenvalue weighted by molar-refractivity contribution is 5.41. The first-order chi connectivity index (χ1) is 6.59. The fourth-order valence-corrected chi connectivity index (χ4v) is 1.01. The second-order valence-electron chi connectivity index (χ2n) is 2.88. The molecule has 0 atom stereocenters. The largest absolute Gasteiger partial charge is 0.396 e. The van der Waals surface area contributed by atoms with Gasteiger partial charge in [0.25, 0.3) is 6.43 Å². The first-order valence-electron chi connectivity index (χ1n) is 4.12. The summed E-state index contributed by atoms with van der Waals surface area (Å²) >= 11 is 0. The van der Waals surface area contributed by atoms with Crippen LogP contribution in [0.3, 0.4) is 0 Å². The minimum atomic E-state index is -2.39. The van der Waals surface area contributed by atoms with E-state index in [2.05, 4.69) is 5.32 Å². The number of halogens is 3. The van der Waals surface area contributed by atoms with Crippen LogP contribution in [0.2, 0.25) is 0 Å². The van der Waals surface area contributed by atoms with Gasteiger partial charge in [-0.3, -0.25) is 0 Å². The van der Waals surface area contributed by atoms with Crippen molar-refractivity contribution in [2.45, 2.75) is 13.0 Å². The third-order valence-electron chi connectivity index (χ3n) is 1.69. The van der Waals surface area contributed by atoms with Gasteiger partial charge in [-0.15, -0.1) is 0 Å². The Labute approximate surface area is 79.9 Å². The average molecular weight is 204 g/mol. The molecule has 0 saturated heterocycles. The smallest absolute Gasteiger partial charge is 0.250 e. The fraction of sp³-hybridized carbons (Fsp3) is 0.333. The maximum Gasteiger partial charge on any atom is 0.250 e. The zero-order chi connectivity index (χ0) is 10.6. The van der Waals surface area contributed by atoms with Crippen molar-refractivity contribution in [2.75, 3.05) is 12.3 Å². The van der Waals surface area contributed by atoms with Crippen LogP contribution < -0.4 is 11.1 Å². The molecular formula is C9H11F3N2. The van der Waals surface area contributed by atoms with Gasteiger partial charge in [-0.1, -0.05) is 6.07 Å². The van der Waals surface area contributed by atoms with Crippen molar-refractivity contribution in [2.24, 2.45) is 0 Å². The fourth-order valence-electron chi connectivity index (χ4n) is 1.01. The molecule has 0 spiro atoms. The second kappa shape index (κ2) is 4.85. The van der Waals surface area contributed by atoms with E-state index in [9.17, 15) is 13.2 Å². The van der Waals surface area contributed by atoms with Crippen LogP contribution in [0.5, 0.6) is 0 Å². The van der Waals surface area contributed by atoms with Crippen molar-refractivity contribution < 1.29 is 13.2 Å². The number of alkyl halides is 2. The van der Waals surface area contributed by atoms with Crippen molar-refractivity contribution in [1.29, 1.82) is 0 Å². The van der Waals surface area contributed by atoms with E-state index in [1.165, 1.54) is 12.1 Å².